The molecule has 24 heavy (non-hydrogen) atoms. The van der Waals surface area contributed by atoms with Gasteiger partial charge in [-0.25, -0.2) is 14.5 Å². The molecule has 0 aromatic carbocycles. The van der Waals surface area contributed by atoms with Crippen molar-refractivity contribution in [3.05, 3.63) is 24.0 Å². The van der Waals surface area contributed by atoms with Crippen LogP contribution in [0, 0.1) is 0 Å². The second kappa shape index (κ2) is 5.95. The monoisotopic (exact) mass is 317 g/mol. The van der Waals surface area contributed by atoms with Gasteiger partial charge in [0.2, 0.25) is 13.9 Å². The summed E-state index contributed by atoms with van der Waals surface area (Å²) in [5, 5.41) is 10.1. The van der Waals surface area contributed by atoms with Crippen LogP contribution in [-0.4, -0.2) is 57.0 Å². The maximum atomic E-state index is 12.0. The summed E-state index contributed by atoms with van der Waals surface area (Å²) in [6.07, 6.45) is 3.25. The normalized spacial score (nSPS) is 10.7. The molecule has 116 valence electrons. The molecule has 3 aromatic rings. The van der Waals surface area contributed by atoms with Crippen molar-refractivity contribution in [1.29, 1.82) is 0 Å². The van der Waals surface area contributed by atoms with E-state index in [1.165, 1.54) is 6.20 Å². The van der Waals surface area contributed by atoms with Gasteiger partial charge in [-0.3, -0.25) is 4.79 Å². The summed E-state index contributed by atoms with van der Waals surface area (Å²) < 4.78 is 1.80. The quantitative estimate of drug-likeness (QED) is 0.416. The van der Waals surface area contributed by atoms with Crippen LogP contribution in [0.15, 0.2) is 18.5 Å². The summed E-state index contributed by atoms with van der Waals surface area (Å²) in [4.78, 5) is 20.6. The number of aromatic nitrogens is 4. The van der Waals surface area contributed by atoms with Gasteiger partial charge >= 0.3 is 0 Å². The van der Waals surface area contributed by atoms with E-state index in [9.17, 15) is 4.79 Å². The SMILES string of the molecule is BNC(=O)c1cnc(N)cc1Nc1nc(B)n2ncc(B)c2c1B. The molecule has 3 rings (SSSR count). The Balaban J connectivity index is 2.14. The maximum Gasteiger partial charge on any atom is 0.242 e. The first-order valence-electron chi connectivity index (χ1n) is 7.48. The number of nitrogens with two attached hydrogens (primary N) is 1. The molecule has 0 saturated carbocycles. The van der Waals surface area contributed by atoms with E-state index in [-0.39, 0.29) is 5.91 Å². The molecule has 4 N–H and O–H groups in total. The molecule has 12 heteroatoms. The number of pyridine rings is 1. The zero-order valence-electron chi connectivity index (χ0n) is 14.0. The minimum atomic E-state index is -0.249. The van der Waals surface area contributed by atoms with E-state index in [4.69, 9.17) is 5.73 Å². The van der Waals surface area contributed by atoms with Gasteiger partial charge in [-0.05, 0) is 10.9 Å². The third kappa shape index (κ3) is 2.60. The molecule has 0 fully saturated rings. The van der Waals surface area contributed by atoms with E-state index in [1.54, 1.807) is 24.8 Å². The summed E-state index contributed by atoms with van der Waals surface area (Å²) in [5.74, 6) is 0.724. The Kier molecular flexibility index (Phi) is 3.96. The van der Waals surface area contributed by atoms with Crippen LogP contribution in [0.5, 0.6) is 0 Å². The smallest absolute Gasteiger partial charge is 0.242 e. The Hall–Kier alpha value is -2.90. The van der Waals surface area contributed by atoms with Crippen molar-refractivity contribution in [2.75, 3.05) is 11.1 Å². The summed E-state index contributed by atoms with van der Waals surface area (Å²) in [7, 11) is 7.41. The molecule has 0 unspecified atom stereocenters. The zero-order valence-corrected chi connectivity index (χ0v) is 14.0. The van der Waals surface area contributed by atoms with Crippen LogP contribution in [0.1, 0.15) is 10.4 Å². The molecule has 0 atom stereocenters. The Morgan fingerprint density at radius 1 is 1.25 bits per heavy atom. The molecule has 3 heterocycles. The van der Waals surface area contributed by atoms with Crippen molar-refractivity contribution in [2.24, 2.45) is 0 Å². The highest BCUT2D eigenvalue weighted by atomic mass is 16.1. The minimum Gasteiger partial charge on any atom is -0.402 e. The molecule has 0 saturated heterocycles. The predicted molar refractivity (Wildman–Crippen MR) is 105 cm³/mol. The first kappa shape index (κ1) is 16.0. The molecule has 8 nitrogen and oxygen atoms in total. The molecule has 3 aromatic heterocycles. The Morgan fingerprint density at radius 2 is 2.00 bits per heavy atom. The van der Waals surface area contributed by atoms with Gasteiger partial charge in [-0.1, -0.05) is 0 Å². The van der Waals surface area contributed by atoms with Crippen LogP contribution in [-0.2, 0) is 0 Å². The molecule has 0 bridgehead atoms. The van der Waals surface area contributed by atoms with Gasteiger partial charge in [-0.2, -0.15) is 5.10 Å². The molecular weight excluding hydrogens is 301 g/mol. The van der Waals surface area contributed by atoms with Crippen LogP contribution in [0.3, 0.4) is 0 Å². The summed E-state index contributed by atoms with van der Waals surface area (Å²) in [5.41, 5.74) is 10.5. The van der Waals surface area contributed by atoms with Crippen molar-refractivity contribution < 1.29 is 4.79 Å². The summed E-state index contributed by atoms with van der Waals surface area (Å²) >= 11 is 0. The first-order valence-corrected chi connectivity index (χ1v) is 7.48. The summed E-state index contributed by atoms with van der Waals surface area (Å²) in [6.45, 7) is 0. The topological polar surface area (TPSA) is 110 Å². The van der Waals surface area contributed by atoms with Crippen LogP contribution in [0.25, 0.3) is 5.52 Å². The molecule has 0 radical (unpaired) electrons. The molecule has 0 spiro atoms. The van der Waals surface area contributed by atoms with E-state index in [2.05, 4.69) is 25.6 Å². The number of nitrogen functional groups attached to an aromatic ring is 1. The lowest BCUT2D eigenvalue weighted by molar-refractivity contribution is 0.0982. The van der Waals surface area contributed by atoms with Gasteiger partial charge in [0.15, 0.2) is 7.85 Å². The molecular formula is C12H15B4N7O. The molecule has 1 amide bonds. The van der Waals surface area contributed by atoms with Crippen molar-refractivity contribution in [2.45, 2.75) is 0 Å². The number of fused-ring (bicyclic) bond motifs is 1. The lowest BCUT2D eigenvalue weighted by Gasteiger charge is -2.15. The fourth-order valence-corrected chi connectivity index (χ4v) is 2.68. The Labute approximate surface area is 142 Å². The van der Waals surface area contributed by atoms with Crippen molar-refractivity contribution >= 4 is 76.9 Å². The average Bonchev–Trinajstić information content (AvgIpc) is 2.94. The predicted octanol–water partition coefficient (Wildman–Crippen LogP) is -5.50. The highest BCUT2D eigenvalue weighted by molar-refractivity contribution is 6.47. The number of nitrogens with zero attached hydrogens (tertiary/aromatic N) is 4. The van der Waals surface area contributed by atoms with E-state index >= 15 is 0 Å². The molecule has 0 aliphatic carbocycles. The zero-order chi connectivity index (χ0) is 17.4. The van der Waals surface area contributed by atoms with E-state index < -0.39 is 0 Å². The van der Waals surface area contributed by atoms with Crippen LogP contribution in [0.4, 0.5) is 17.3 Å². The second-order valence-corrected chi connectivity index (χ2v) is 5.58. The number of hydrogen-bond acceptors (Lipinski definition) is 6. The van der Waals surface area contributed by atoms with Crippen LogP contribution >= 0.6 is 0 Å². The maximum absolute atomic E-state index is 12.0. The Bertz CT molecular complexity index is 958. The number of rotatable bonds is 3. The number of anilines is 3. The average molecular weight is 317 g/mol. The van der Waals surface area contributed by atoms with E-state index in [0.29, 0.717) is 22.9 Å². The van der Waals surface area contributed by atoms with Crippen molar-refractivity contribution in [3.8, 4) is 0 Å². The third-order valence-electron chi connectivity index (χ3n) is 3.89. The number of amides is 1. The first-order chi connectivity index (χ1) is 11.4. The van der Waals surface area contributed by atoms with E-state index in [1.807, 2.05) is 23.5 Å². The number of carbonyl (C=O) groups excluding carboxylic acids is 1. The highest BCUT2D eigenvalue weighted by Crippen LogP contribution is 2.20. The fourth-order valence-electron chi connectivity index (χ4n) is 2.68. The summed E-state index contributed by atoms with van der Waals surface area (Å²) in [6, 6.07) is 1.62. The second-order valence-electron chi connectivity index (χ2n) is 5.58. The highest BCUT2D eigenvalue weighted by Gasteiger charge is 2.15. The number of nitrogens with one attached hydrogen (secondary N) is 2. The van der Waals surface area contributed by atoms with Gasteiger partial charge in [-0.15, -0.1) is 0 Å². The van der Waals surface area contributed by atoms with Crippen molar-refractivity contribution in [1.82, 2.24) is 24.8 Å². The van der Waals surface area contributed by atoms with Crippen LogP contribution < -0.4 is 32.9 Å². The van der Waals surface area contributed by atoms with Crippen LogP contribution in [0.2, 0.25) is 0 Å². The lowest BCUT2D eigenvalue weighted by Crippen LogP contribution is -2.30. The van der Waals surface area contributed by atoms with E-state index in [0.717, 1.165) is 22.2 Å². The minimum absolute atomic E-state index is 0.249. The fraction of sp³-hybridized carbons (Fsp3) is 0. The van der Waals surface area contributed by atoms with Gasteiger partial charge in [0.05, 0.1) is 22.5 Å². The largest absolute Gasteiger partial charge is 0.402 e. The Morgan fingerprint density at radius 3 is 2.71 bits per heavy atom. The van der Waals surface area contributed by atoms with Gasteiger partial charge in [0.25, 0.3) is 0 Å². The molecule has 0 aliphatic rings. The lowest BCUT2D eigenvalue weighted by atomic mass is 9.88. The van der Waals surface area contributed by atoms with Gasteiger partial charge in [0.1, 0.15) is 27.3 Å². The number of carbonyl (C=O) groups is 1. The van der Waals surface area contributed by atoms with Crippen molar-refractivity contribution in [3.63, 3.8) is 0 Å². The standard InChI is InChI=1S/C12H15B4N7O/c13-5-3-19-23-9(5)8(14)10(21-12(23)15)20-6-1-7(17)18-2-4(6)11(24)22-16/h1-3H,13-16H2,(H,22,24)(H3,17,18,20). The number of hydrogen-bond donors (Lipinski definition) is 3. The third-order valence-corrected chi connectivity index (χ3v) is 3.89. The van der Waals surface area contributed by atoms with Gasteiger partial charge in [0, 0.05) is 18.5 Å². The van der Waals surface area contributed by atoms with Gasteiger partial charge < -0.3 is 16.3 Å². The molecule has 0 aliphatic heterocycles.